The number of rotatable bonds is 6. The lowest BCUT2D eigenvalue weighted by Crippen LogP contribution is -2.21. The number of amides is 2. The number of nitro groups is 1. The van der Waals surface area contributed by atoms with E-state index in [0.717, 1.165) is 16.0 Å². The molecule has 0 spiro atoms. The molecule has 0 radical (unpaired) electrons. The minimum atomic E-state index is -0.739. The first-order chi connectivity index (χ1) is 12.1. The van der Waals surface area contributed by atoms with Gasteiger partial charge in [0.25, 0.3) is 5.91 Å². The Hall–Kier alpha value is -3.28. The molecule has 0 saturated carbocycles. The van der Waals surface area contributed by atoms with Crippen molar-refractivity contribution in [2.75, 3.05) is 12.4 Å². The predicted octanol–water partition coefficient (Wildman–Crippen LogP) is 0.994. The molecule has 0 bridgehead atoms. The van der Waals surface area contributed by atoms with Gasteiger partial charge in [0.2, 0.25) is 5.91 Å². The maximum absolute atomic E-state index is 12.3. The van der Waals surface area contributed by atoms with E-state index in [1.54, 1.807) is 6.92 Å². The van der Waals surface area contributed by atoms with Crippen LogP contribution in [0.2, 0.25) is 0 Å². The van der Waals surface area contributed by atoms with Crippen molar-refractivity contribution in [3.63, 3.8) is 0 Å². The van der Waals surface area contributed by atoms with Crippen molar-refractivity contribution < 1.29 is 24.0 Å². The van der Waals surface area contributed by atoms with Crippen LogP contribution in [0.25, 0.3) is 0 Å². The van der Waals surface area contributed by atoms with Gasteiger partial charge in [-0.1, -0.05) is 0 Å². The van der Waals surface area contributed by atoms with Crippen LogP contribution < -0.4 is 11.1 Å². The summed E-state index contributed by atoms with van der Waals surface area (Å²) in [4.78, 5) is 45.9. The van der Waals surface area contributed by atoms with E-state index in [4.69, 9.17) is 5.73 Å². The van der Waals surface area contributed by atoms with Crippen molar-refractivity contribution in [2.24, 2.45) is 5.73 Å². The second-order valence-corrected chi connectivity index (χ2v) is 6.24. The minimum absolute atomic E-state index is 0.0304. The molecule has 12 heteroatoms. The topological polar surface area (TPSA) is 159 Å². The zero-order valence-corrected chi connectivity index (χ0v) is 14.9. The van der Waals surface area contributed by atoms with Gasteiger partial charge in [-0.25, -0.2) is 4.79 Å². The summed E-state index contributed by atoms with van der Waals surface area (Å²) in [7, 11) is 1.17. The molecule has 2 aromatic rings. The Balaban J connectivity index is 2.29. The van der Waals surface area contributed by atoms with Gasteiger partial charge in [0.15, 0.2) is 0 Å². The molecule has 2 rings (SSSR count). The van der Waals surface area contributed by atoms with Crippen molar-refractivity contribution in [2.45, 2.75) is 20.4 Å². The van der Waals surface area contributed by atoms with Gasteiger partial charge >= 0.3 is 11.8 Å². The quantitative estimate of drug-likeness (QED) is 0.428. The van der Waals surface area contributed by atoms with Crippen LogP contribution >= 0.6 is 11.3 Å². The number of esters is 1. The summed E-state index contributed by atoms with van der Waals surface area (Å²) in [6.45, 7) is 2.76. The summed E-state index contributed by atoms with van der Waals surface area (Å²) < 4.78 is 5.82. The Kier molecular flexibility index (Phi) is 5.35. The van der Waals surface area contributed by atoms with Crippen molar-refractivity contribution in [3.05, 3.63) is 37.9 Å². The van der Waals surface area contributed by atoms with Gasteiger partial charge in [-0.05, 0) is 24.3 Å². The van der Waals surface area contributed by atoms with Gasteiger partial charge in [-0.2, -0.15) is 4.68 Å². The van der Waals surface area contributed by atoms with Crippen LogP contribution in [-0.2, 0) is 16.1 Å². The fourth-order valence-corrected chi connectivity index (χ4v) is 3.29. The van der Waals surface area contributed by atoms with Gasteiger partial charge in [0, 0.05) is 0 Å². The summed E-state index contributed by atoms with van der Waals surface area (Å²) in [6.07, 6.45) is 0. The number of carbonyl (C=O) groups is 3. The third kappa shape index (κ3) is 3.69. The van der Waals surface area contributed by atoms with Crippen molar-refractivity contribution in [3.8, 4) is 0 Å². The Labute approximate surface area is 150 Å². The average molecular weight is 381 g/mol. The lowest BCUT2D eigenvalue weighted by Gasteiger charge is -2.05. The summed E-state index contributed by atoms with van der Waals surface area (Å²) in [5, 5.41) is 17.0. The largest absolute Gasteiger partial charge is 0.465 e. The first-order valence-corrected chi connectivity index (χ1v) is 7.97. The number of nitrogens with zero attached hydrogens (tertiary/aromatic N) is 3. The summed E-state index contributed by atoms with van der Waals surface area (Å²) in [6, 6.07) is 1.23. The molecule has 0 atom stereocenters. The SMILES string of the molecule is COC(=O)c1c(NC(=O)Cn2nc([N+](=O)[O-])cc2C)sc(C(N)=O)c1C. The molecule has 2 heterocycles. The number of hydrogen-bond acceptors (Lipinski definition) is 8. The zero-order valence-electron chi connectivity index (χ0n) is 14.1. The Morgan fingerprint density at radius 3 is 2.58 bits per heavy atom. The molecule has 0 aliphatic carbocycles. The molecule has 26 heavy (non-hydrogen) atoms. The number of hydrogen-bond donors (Lipinski definition) is 2. The van der Waals surface area contributed by atoms with Crippen LogP contribution in [0.1, 0.15) is 31.3 Å². The number of nitrogens with two attached hydrogens (primary N) is 1. The van der Waals surface area contributed by atoms with Gasteiger partial charge in [0.1, 0.15) is 11.5 Å². The molecule has 0 unspecified atom stereocenters. The van der Waals surface area contributed by atoms with E-state index < -0.39 is 22.7 Å². The molecule has 138 valence electrons. The van der Waals surface area contributed by atoms with Crippen molar-refractivity contribution in [1.82, 2.24) is 9.78 Å². The van der Waals surface area contributed by atoms with E-state index in [0.29, 0.717) is 11.3 Å². The summed E-state index contributed by atoms with van der Waals surface area (Å²) in [5.41, 5.74) is 6.02. The molecule has 2 amide bonds. The second-order valence-electron chi connectivity index (χ2n) is 5.22. The van der Waals surface area contributed by atoms with E-state index in [2.05, 4.69) is 15.2 Å². The lowest BCUT2D eigenvalue weighted by atomic mass is 10.1. The summed E-state index contributed by atoms with van der Waals surface area (Å²) in [5.74, 6) is -2.44. The fraction of sp³-hybridized carbons (Fsp3) is 0.286. The van der Waals surface area contributed by atoms with Crippen molar-refractivity contribution in [1.29, 1.82) is 0 Å². The highest BCUT2D eigenvalue weighted by Gasteiger charge is 2.26. The number of aromatic nitrogens is 2. The van der Waals surface area contributed by atoms with Gasteiger partial charge < -0.3 is 25.9 Å². The highest BCUT2D eigenvalue weighted by Crippen LogP contribution is 2.33. The van der Waals surface area contributed by atoms with Gasteiger partial charge in [-0.15, -0.1) is 11.3 Å². The number of carbonyl (C=O) groups excluding carboxylic acids is 3. The number of aryl methyl sites for hydroxylation is 1. The second kappa shape index (κ2) is 7.31. The van der Waals surface area contributed by atoms with E-state index >= 15 is 0 Å². The molecular weight excluding hydrogens is 366 g/mol. The Morgan fingerprint density at radius 2 is 2.08 bits per heavy atom. The molecule has 0 saturated heterocycles. The average Bonchev–Trinajstić information content (AvgIpc) is 3.07. The minimum Gasteiger partial charge on any atom is -0.465 e. The van der Waals surface area contributed by atoms with E-state index in [9.17, 15) is 24.5 Å². The lowest BCUT2D eigenvalue weighted by molar-refractivity contribution is -0.389. The van der Waals surface area contributed by atoms with Crippen LogP contribution in [0.5, 0.6) is 0 Å². The molecule has 0 aliphatic heterocycles. The Bertz CT molecular complexity index is 915. The van der Waals surface area contributed by atoms with E-state index in [1.165, 1.54) is 20.1 Å². The van der Waals surface area contributed by atoms with Crippen LogP contribution in [0, 0.1) is 24.0 Å². The monoisotopic (exact) mass is 381 g/mol. The normalized spacial score (nSPS) is 10.4. The molecule has 11 nitrogen and oxygen atoms in total. The molecular formula is C14H15N5O6S. The molecule has 0 aliphatic rings. The number of thiophene rings is 1. The third-order valence-electron chi connectivity index (χ3n) is 3.46. The fourth-order valence-electron chi connectivity index (χ4n) is 2.23. The highest BCUT2D eigenvalue weighted by atomic mass is 32.1. The maximum atomic E-state index is 12.3. The van der Waals surface area contributed by atoms with E-state index in [1.807, 2.05) is 0 Å². The number of ether oxygens (including phenoxy) is 1. The molecule has 0 fully saturated rings. The zero-order chi connectivity index (χ0) is 19.6. The summed E-state index contributed by atoms with van der Waals surface area (Å²) >= 11 is 0.846. The van der Waals surface area contributed by atoms with Crippen molar-refractivity contribution >= 4 is 39.9 Å². The number of anilines is 1. The van der Waals surface area contributed by atoms with Gasteiger partial charge in [0.05, 0.1) is 34.4 Å². The first kappa shape index (κ1) is 19.1. The molecule has 0 aromatic carbocycles. The highest BCUT2D eigenvalue weighted by molar-refractivity contribution is 7.18. The smallest absolute Gasteiger partial charge is 0.390 e. The third-order valence-corrected chi connectivity index (χ3v) is 4.68. The molecule has 2 aromatic heterocycles. The maximum Gasteiger partial charge on any atom is 0.390 e. The number of primary amides is 1. The van der Waals surface area contributed by atoms with Crippen LogP contribution in [0.4, 0.5) is 10.8 Å². The predicted molar refractivity (Wildman–Crippen MR) is 91.2 cm³/mol. The standard InChI is InChI=1S/C14H15N5O6S/c1-6-4-8(19(23)24)17-18(6)5-9(20)16-13-10(14(22)25-3)7(2)11(26-13)12(15)21/h4H,5H2,1-3H3,(H2,15,21)(H,16,20). The van der Waals surface area contributed by atoms with Crippen LogP contribution in [-0.4, -0.2) is 39.6 Å². The number of nitrogens with one attached hydrogen (secondary N) is 1. The van der Waals surface area contributed by atoms with E-state index in [-0.39, 0.29) is 27.8 Å². The van der Waals surface area contributed by atoms with Crippen LogP contribution in [0.3, 0.4) is 0 Å². The first-order valence-electron chi connectivity index (χ1n) is 7.15. The molecule has 3 N–H and O–H groups in total. The van der Waals surface area contributed by atoms with Gasteiger partial charge in [-0.3, -0.25) is 9.59 Å². The Morgan fingerprint density at radius 1 is 1.42 bits per heavy atom. The van der Waals surface area contributed by atoms with Crippen LogP contribution in [0.15, 0.2) is 6.07 Å². The number of methoxy groups -OCH3 is 1.